The molecule has 1 saturated heterocycles. The number of rotatable bonds is 4. The van der Waals surface area contributed by atoms with Gasteiger partial charge in [0.15, 0.2) is 0 Å². The fraction of sp³-hybridized carbons (Fsp3) is 0.529. The van der Waals surface area contributed by atoms with Gasteiger partial charge in [-0.25, -0.2) is 4.39 Å². The SMILES string of the molecule is O=C(NCC1CC1)[C@@H]1CCCN(C(=O)c2cccc(F)c2)C1. The van der Waals surface area contributed by atoms with Crippen LogP contribution in [-0.4, -0.2) is 36.3 Å². The van der Waals surface area contributed by atoms with E-state index >= 15 is 0 Å². The van der Waals surface area contributed by atoms with Gasteiger partial charge in [-0.2, -0.15) is 0 Å². The standard InChI is InChI=1S/C17H21FN2O2/c18-15-5-1-3-13(9-15)17(22)20-8-2-4-14(11-20)16(21)19-10-12-6-7-12/h1,3,5,9,12,14H,2,4,6-8,10-11H2,(H,19,21)/t14-/m1/s1. The highest BCUT2D eigenvalue weighted by atomic mass is 19.1. The Morgan fingerprint density at radius 2 is 2.09 bits per heavy atom. The largest absolute Gasteiger partial charge is 0.356 e. The molecule has 0 aromatic heterocycles. The molecule has 2 aliphatic rings. The van der Waals surface area contributed by atoms with Crippen molar-refractivity contribution in [2.75, 3.05) is 19.6 Å². The first-order valence-electron chi connectivity index (χ1n) is 7.96. The molecule has 1 atom stereocenters. The van der Waals surface area contributed by atoms with Crippen LogP contribution in [-0.2, 0) is 4.79 Å². The van der Waals surface area contributed by atoms with Crippen molar-refractivity contribution >= 4 is 11.8 Å². The summed E-state index contributed by atoms with van der Waals surface area (Å²) in [5, 5.41) is 2.99. The Morgan fingerprint density at radius 1 is 1.27 bits per heavy atom. The van der Waals surface area contributed by atoms with Gasteiger partial charge in [0, 0.05) is 25.2 Å². The predicted molar refractivity (Wildman–Crippen MR) is 80.8 cm³/mol. The van der Waals surface area contributed by atoms with Crippen molar-refractivity contribution in [2.24, 2.45) is 11.8 Å². The Kier molecular flexibility index (Phi) is 4.41. The molecule has 5 heteroatoms. The number of carbonyl (C=O) groups excluding carboxylic acids is 2. The van der Waals surface area contributed by atoms with Gasteiger partial charge in [-0.15, -0.1) is 0 Å². The molecule has 1 aliphatic carbocycles. The number of hydrogen-bond acceptors (Lipinski definition) is 2. The highest BCUT2D eigenvalue weighted by Crippen LogP contribution is 2.28. The van der Waals surface area contributed by atoms with Gasteiger partial charge in [-0.05, 0) is 49.8 Å². The molecule has 22 heavy (non-hydrogen) atoms. The van der Waals surface area contributed by atoms with E-state index in [1.165, 1.54) is 31.0 Å². The molecule has 3 rings (SSSR count). The van der Waals surface area contributed by atoms with Crippen LogP contribution in [0, 0.1) is 17.7 Å². The Labute approximate surface area is 129 Å². The monoisotopic (exact) mass is 304 g/mol. The van der Waals surface area contributed by atoms with Crippen molar-refractivity contribution in [1.82, 2.24) is 10.2 Å². The summed E-state index contributed by atoms with van der Waals surface area (Å²) in [6, 6.07) is 5.72. The molecule has 0 bridgehead atoms. The van der Waals surface area contributed by atoms with Crippen LogP contribution < -0.4 is 5.32 Å². The number of likely N-dealkylation sites (tertiary alicyclic amines) is 1. The van der Waals surface area contributed by atoms with Crippen molar-refractivity contribution in [1.29, 1.82) is 0 Å². The topological polar surface area (TPSA) is 49.4 Å². The smallest absolute Gasteiger partial charge is 0.253 e. The fourth-order valence-electron chi connectivity index (χ4n) is 2.89. The summed E-state index contributed by atoms with van der Waals surface area (Å²) in [4.78, 5) is 26.3. The zero-order valence-corrected chi connectivity index (χ0v) is 12.6. The molecule has 0 radical (unpaired) electrons. The van der Waals surface area contributed by atoms with Gasteiger partial charge in [0.25, 0.3) is 5.91 Å². The number of hydrogen-bond donors (Lipinski definition) is 1. The molecule has 118 valence electrons. The van der Waals surface area contributed by atoms with Crippen LogP contribution in [0.15, 0.2) is 24.3 Å². The van der Waals surface area contributed by atoms with Crippen molar-refractivity contribution < 1.29 is 14.0 Å². The lowest BCUT2D eigenvalue weighted by Crippen LogP contribution is -2.45. The minimum Gasteiger partial charge on any atom is -0.356 e. The Balaban J connectivity index is 1.59. The zero-order chi connectivity index (χ0) is 15.5. The quantitative estimate of drug-likeness (QED) is 0.927. The van der Waals surface area contributed by atoms with Crippen LogP contribution in [0.3, 0.4) is 0 Å². The normalized spacial score (nSPS) is 21.5. The van der Waals surface area contributed by atoms with Crippen LogP contribution in [0.1, 0.15) is 36.0 Å². The summed E-state index contributed by atoms with van der Waals surface area (Å²) in [5.41, 5.74) is 0.346. The summed E-state index contributed by atoms with van der Waals surface area (Å²) in [7, 11) is 0. The molecule has 2 fully saturated rings. The molecule has 1 aromatic rings. The molecule has 1 heterocycles. The number of halogens is 1. The van der Waals surface area contributed by atoms with Crippen LogP contribution in [0.5, 0.6) is 0 Å². The van der Waals surface area contributed by atoms with Gasteiger partial charge < -0.3 is 10.2 Å². The summed E-state index contributed by atoms with van der Waals surface area (Å²) in [6.45, 7) is 1.81. The lowest BCUT2D eigenvalue weighted by Gasteiger charge is -2.32. The second-order valence-corrected chi connectivity index (χ2v) is 6.29. The van der Waals surface area contributed by atoms with Crippen LogP contribution in [0.25, 0.3) is 0 Å². The van der Waals surface area contributed by atoms with Gasteiger partial charge >= 0.3 is 0 Å². The van der Waals surface area contributed by atoms with Crippen molar-refractivity contribution in [3.05, 3.63) is 35.6 Å². The van der Waals surface area contributed by atoms with Crippen LogP contribution >= 0.6 is 0 Å². The first-order chi connectivity index (χ1) is 10.6. The van der Waals surface area contributed by atoms with Gasteiger partial charge in [-0.1, -0.05) is 6.07 Å². The number of amides is 2. The van der Waals surface area contributed by atoms with E-state index in [4.69, 9.17) is 0 Å². The van der Waals surface area contributed by atoms with E-state index in [1.807, 2.05) is 0 Å². The summed E-state index contributed by atoms with van der Waals surface area (Å²) >= 11 is 0. The summed E-state index contributed by atoms with van der Waals surface area (Å²) < 4.78 is 13.2. The van der Waals surface area contributed by atoms with Gasteiger partial charge in [0.1, 0.15) is 5.82 Å². The molecule has 1 N–H and O–H groups in total. The maximum absolute atomic E-state index is 13.2. The van der Waals surface area contributed by atoms with Crippen LogP contribution in [0.4, 0.5) is 4.39 Å². The van der Waals surface area contributed by atoms with E-state index in [0.29, 0.717) is 24.6 Å². The van der Waals surface area contributed by atoms with Gasteiger partial charge in [0.05, 0.1) is 5.92 Å². The van der Waals surface area contributed by atoms with E-state index in [-0.39, 0.29) is 17.7 Å². The Bertz CT molecular complexity index is 572. The predicted octanol–water partition coefficient (Wildman–Crippen LogP) is 2.20. The van der Waals surface area contributed by atoms with E-state index in [2.05, 4.69) is 5.32 Å². The third kappa shape index (κ3) is 3.64. The highest BCUT2D eigenvalue weighted by molar-refractivity contribution is 5.94. The second-order valence-electron chi connectivity index (χ2n) is 6.29. The Morgan fingerprint density at radius 3 is 2.82 bits per heavy atom. The Hall–Kier alpha value is -1.91. The van der Waals surface area contributed by atoms with Crippen molar-refractivity contribution in [3.63, 3.8) is 0 Å². The van der Waals surface area contributed by atoms with Crippen LogP contribution in [0.2, 0.25) is 0 Å². The average Bonchev–Trinajstić information content (AvgIpc) is 3.36. The molecular weight excluding hydrogens is 283 g/mol. The third-order valence-corrected chi connectivity index (χ3v) is 4.41. The maximum atomic E-state index is 13.2. The lowest BCUT2D eigenvalue weighted by atomic mass is 9.96. The molecule has 1 saturated carbocycles. The molecule has 0 unspecified atom stereocenters. The molecule has 1 aromatic carbocycles. The third-order valence-electron chi connectivity index (χ3n) is 4.41. The molecule has 1 aliphatic heterocycles. The molecule has 0 spiro atoms. The summed E-state index contributed by atoms with van der Waals surface area (Å²) in [6.07, 6.45) is 4.02. The minimum absolute atomic E-state index is 0.0450. The minimum atomic E-state index is -0.415. The van der Waals surface area contributed by atoms with Gasteiger partial charge in [-0.3, -0.25) is 9.59 Å². The fourth-order valence-corrected chi connectivity index (χ4v) is 2.89. The van der Waals surface area contributed by atoms with E-state index < -0.39 is 5.82 Å². The highest BCUT2D eigenvalue weighted by Gasteiger charge is 2.30. The number of nitrogens with one attached hydrogen (secondary N) is 1. The number of benzene rings is 1. The summed E-state index contributed by atoms with van der Waals surface area (Å²) in [5.74, 6) is -0.0630. The lowest BCUT2D eigenvalue weighted by molar-refractivity contribution is -0.126. The van der Waals surface area contributed by atoms with E-state index in [9.17, 15) is 14.0 Å². The van der Waals surface area contributed by atoms with E-state index in [0.717, 1.165) is 19.4 Å². The first-order valence-corrected chi connectivity index (χ1v) is 7.96. The van der Waals surface area contributed by atoms with E-state index in [1.54, 1.807) is 11.0 Å². The second kappa shape index (κ2) is 6.46. The maximum Gasteiger partial charge on any atom is 0.253 e. The molecule has 2 amide bonds. The number of nitrogens with zero attached hydrogens (tertiary/aromatic N) is 1. The van der Waals surface area contributed by atoms with Gasteiger partial charge in [0.2, 0.25) is 5.91 Å². The van der Waals surface area contributed by atoms with Crippen molar-refractivity contribution in [2.45, 2.75) is 25.7 Å². The first kappa shape index (κ1) is 15.0. The average molecular weight is 304 g/mol. The van der Waals surface area contributed by atoms with Crippen molar-refractivity contribution in [3.8, 4) is 0 Å². The zero-order valence-electron chi connectivity index (χ0n) is 12.6. The molecule has 4 nitrogen and oxygen atoms in total. The number of piperidine rings is 1. The number of carbonyl (C=O) groups is 2. The molecular formula is C17H21FN2O2.